The lowest BCUT2D eigenvalue weighted by molar-refractivity contribution is -0.169. The fourth-order valence-corrected chi connectivity index (χ4v) is 1.82. The van der Waals surface area contributed by atoms with E-state index in [0.29, 0.717) is 6.42 Å². The Bertz CT molecular complexity index is 254. The van der Waals surface area contributed by atoms with E-state index in [9.17, 15) is 9.59 Å². The van der Waals surface area contributed by atoms with E-state index < -0.39 is 0 Å². The van der Waals surface area contributed by atoms with Gasteiger partial charge in [0.15, 0.2) is 0 Å². The van der Waals surface area contributed by atoms with Gasteiger partial charge in [-0.05, 0) is 12.8 Å². The van der Waals surface area contributed by atoms with Gasteiger partial charge in [-0.25, -0.2) is 0 Å². The van der Waals surface area contributed by atoms with Gasteiger partial charge in [0.25, 0.3) is 0 Å². The van der Waals surface area contributed by atoms with Gasteiger partial charge in [0.2, 0.25) is 0 Å². The Kier molecular flexibility index (Phi) is 1.71. The van der Waals surface area contributed by atoms with E-state index >= 15 is 0 Å². The topological polar surface area (TPSA) is 43.4 Å². The van der Waals surface area contributed by atoms with Crippen molar-refractivity contribution in [2.24, 2.45) is 11.8 Å². The molecule has 1 heterocycles. The number of allylic oxidation sites excluding steroid dienone is 2. The van der Waals surface area contributed by atoms with Crippen molar-refractivity contribution in [2.75, 3.05) is 0 Å². The summed E-state index contributed by atoms with van der Waals surface area (Å²) < 4.78 is 4.54. The lowest BCUT2D eigenvalue weighted by Gasteiger charge is -2.28. The van der Waals surface area contributed by atoms with Crippen LogP contribution in [-0.4, -0.2) is 11.9 Å². The van der Waals surface area contributed by atoms with Crippen LogP contribution >= 0.6 is 0 Å². The standard InChI is InChI=1S/C9H10O3/c10-8-5-6-3-1-2-4-7(6)9(11)12-8/h1,3,6-7H,2,4-5H2. The quantitative estimate of drug-likeness (QED) is 0.307. The van der Waals surface area contributed by atoms with Crippen molar-refractivity contribution in [1.82, 2.24) is 0 Å². The van der Waals surface area contributed by atoms with Gasteiger partial charge in [0, 0.05) is 5.92 Å². The predicted octanol–water partition coefficient (Wildman–Crippen LogP) is 1.04. The number of esters is 2. The maximum atomic E-state index is 11.2. The van der Waals surface area contributed by atoms with Crippen LogP contribution in [0.5, 0.6) is 0 Å². The van der Waals surface area contributed by atoms with Crippen LogP contribution in [-0.2, 0) is 14.3 Å². The molecule has 0 aromatic rings. The summed E-state index contributed by atoms with van der Waals surface area (Å²) in [7, 11) is 0. The van der Waals surface area contributed by atoms with Crippen molar-refractivity contribution < 1.29 is 14.3 Å². The van der Waals surface area contributed by atoms with Crippen molar-refractivity contribution in [3.8, 4) is 0 Å². The second-order valence-electron chi connectivity index (χ2n) is 3.27. The molecule has 0 spiro atoms. The summed E-state index contributed by atoms with van der Waals surface area (Å²) in [5.74, 6) is -0.673. The van der Waals surface area contributed by atoms with Gasteiger partial charge in [0.1, 0.15) is 0 Å². The van der Waals surface area contributed by atoms with E-state index in [-0.39, 0.29) is 23.8 Å². The van der Waals surface area contributed by atoms with E-state index in [1.165, 1.54) is 0 Å². The fourth-order valence-electron chi connectivity index (χ4n) is 1.82. The Morgan fingerprint density at radius 3 is 3.08 bits per heavy atom. The van der Waals surface area contributed by atoms with E-state index in [4.69, 9.17) is 0 Å². The molecule has 1 aliphatic carbocycles. The van der Waals surface area contributed by atoms with Gasteiger partial charge < -0.3 is 4.74 Å². The minimum atomic E-state index is -0.382. The van der Waals surface area contributed by atoms with Crippen molar-refractivity contribution in [3.05, 3.63) is 12.2 Å². The summed E-state index contributed by atoms with van der Waals surface area (Å²) in [4.78, 5) is 22.0. The Morgan fingerprint density at radius 1 is 1.42 bits per heavy atom. The molecular weight excluding hydrogens is 156 g/mol. The van der Waals surface area contributed by atoms with Crippen molar-refractivity contribution >= 4 is 11.9 Å². The number of cyclic esters (lactones) is 2. The highest BCUT2D eigenvalue weighted by Crippen LogP contribution is 2.32. The molecule has 2 aliphatic rings. The third kappa shape index (κ3) is 1.15. The number of fused-ring (bicyclic) bond motifs is 1. The zero-order chi connectivity index (χ0) is 8.55. The summed E-state index contributed by atoms with van der Waals surface area (Å²) in [5.41, 5.74) is 0. The van der Waals surface area contributed by atoms with Gasteiger partial charge in [0.05, 0.1) is 12.3 Å². The highest BCUT2D eigenvalue weighted by molar-refractivity contribution is 5.90. The zero-order valence-electron chi connectivity index (χ0n) is 6.66. The molecular formula is C9H10O3. The second-order valence-corrected chi connectivity index (χ2v) is 3.27. The summed E-state index contributed by atoms with van der Waals surface area (Å²) in [6.45, 7) is 0. The Hall–Kier alpha value is -1.12. The predicted molar refractivity (Wildman–Crippen MR) is 41.1 cm³/mol. The highest BCUT2D eigenvalue weighted by Gasteiger charge is 2.37. The number of carbonyl (C=O) groups excluding carboxylic acids is 2. The van der Waals surface area contributed by atoms with E-state index in [1.54, 1.807) is 0 Å². The fraction of sp³-hybridized carbons (Fsp3) is 0.556. The van der Waals surface area contributed by atoms with Gasteiger partial charge in [-0.15, -0.1) is 0 Å². The van der Waals surface area contributed by atoms with Crippen molar-refractivity contribution in [3.63, 3.8) is 0 Å². The summed E-state index contributed by atoms with van der Waals surface area (Å²) >= 11 is 0. The molecule has 12 heavy (non-hydrogen) atoms. The molecule has 1 fully saturated rings. The van der Waals surface area contributed by atoms with Crippen LogP contribution < -0.4 is 0 Å². The van der Waals surface area contributed by atoms with Crippen molar-refractivity contribution in [2.45, 2.75) is 19.3 Å². The largest absolute Gasteiger partial charge is 0.393 e. The van der Waals surface area contributed by atoms with Crippen molar-refractivity contribution in [1.29, 1.82) is 0 Å². The molecule has 1 aliphatic heterocycles. The molecule has 0 aromatic carbocycles. The lowest BCUT2D eigenvalue weighted by atomic mass is 9.81. The van der Waals surface area contributed by atoms with E-state index in [0.717, 1.165) is 12.8 Å². The minimum Gasteiger partial charge on any atom is -0.393 e. The summed E-state index contributed by atoms with van der Waals surface area (Å²) in [6.07, 6.45) is 6.12. The third-order valence-electron chi connectivity index (χ3n) is 2.46. The highest BCUT2D eigenvalue weighted by atomic mass is 16.6. The van der Waals surface area contributed by atoms with Crippen LogP contribution in [0, 0.1) is 11.8 Å². The molecule has 0 bridgehead atoms. The Morgan fingerprint density at radius 2 is 2.25 bits per heavy atom. The molecule has 0 N–H and O–H groups in total. The molecule has 3 heteroatoms. The first-order valence-corrected chi connectivity index (χ1v) is 4.18. The van der Waals surface area contributed by atoms with Crippen LogP contribution in [0.25, 0.3) is 0 Å². The number of rotatable bonds is 0. The molecule has 0 aromatic heterocycles. The minimum absolute atomic E-state index is 0.0623. The third-order valence-corrected chi connectivity index (χ3v) is 2.46. The molecule has 0 amide bonds. The van der Waals surface area contributed by atoms with Crippen LogP contribution in [0.3, 0.4) is 0 Å². The average Bonchev–Trinajstić information content (AvgIpc) is 2.04. The number of hydrogen-bond donors (Lipinski definition) is 0. The SMILES string of the molecule is O=C1CC2C=CCCC2C(=O)O1. The zero-order valence-corrected chi connectivity index (χ0v) is 6.66. The molecule has 2 rings (SSSR count). The number of hydrogen-bond acceptors (Lipinski definition) is 3. The maximum Gasteiger partial charge on any atom is 0.317 e. The van der Waals surface area contributed by atoms with Crippen LogP contribution in [0.1, 0.15) is 19.3 Å². The molecule has 1 saturated heterocycles. The number of ether oxygens (including phenoxy) is 1. The lowest BCUT2D eigenvalue weighted by Crippen LogP contribution is -2.35. The van der Waals surface area contributed by atoms with E-state index in [2.05, 4.69) is 4.74 Å². The Labute approximate surface area is 70.4 Å². The van der Waals surface area contributed by atoms with Crippen LogP contribution in [0.15, 0.2) is 12.2 Å². The van der Waals surface area contributed by atoms with Gasteiger partial charge in [-0.1, -0.05) is 12.2 Å². The maximum absolute atomic E-state index is 11.2. The number of carbonyl (C=O) groups is 2. The van der Waals surface area contributed by atoms with Crippen LogP contribution in [0.2, 0.25) is 0 Å². The first kappa shape index (κ1) is 7.53. The first-order chi connectivity index (χ1) is 5.77. The Balaban J connectivity index is 2.20. The molecule has 0 saturated carbocycles. The summed E-state index contributed by atoms with van der Waals surface area (Å²) in [5, 5.41) is 0. The van der Waals surface area contributed by atoms with Gasteiger partial charge >= 0.3 is 11.9 Å². The average molecular weight is 166 g/mol. The molecule has 3 nitrogen and oxygen atoms in total. The molecule has 0 radical (unpaired) electrons. The second kappa shape index (κ2) is 2.73. The molecule has 64 valence electrons. The monoisotopic (exact) mass is 166 g/mol. The van der Waals surface area contributed by atoms with Gasteiger partial charge in [-0.2, -0.15) is 0 Å². The smallest absolute Gasteiger partial charge is 0.317 e. The molecule has 2 unspecified atom stereocenters. The summed E-state index contributed by atoms with van der Waals surface area (Å²) in [6, 6.07) is 0. The van der Waals surface area contributed by atoms with Gasteiger partial charge in [-0.3, -0.25) is 9.59 Å². The molecule has 2 atom stereocenters. The normalized spacial score (nSPS) is 34.3. The first-order valence-electron chi connectivity index (χ1n) is 4.18. The van der Waals surface area contributed by atoms with Crippen LogP contribution in [0.4, 0.5) is 0 Å². The van der Waals surface area contributed by atoms with E-state index in [1.807, 2.05) is 12.2 Å².